The second kappa shape index (κ2) is 11.2. The molecule has 0 atom stereocenters. The molecule has 0 N–H and O–H groups in total. The number of fused-ring (bicyclic) bond motifs is 6. The van der Waals surface area contributed by atoms with E-state index in [1.165, 1.54) is 22.3 Å². The number of rotatable bonds is 4. The zero-order valence-electron chi connectivity index (χ0n) is 24.6. The monoisotopic (exact) mass is 570 g/mol. The molecule has 4 nitrogen and oxygen atoms in total. The number of Topliss-reactive ketones (excluding diaryl/α,β-unsaturated/α-hetero) is 2. The number of carbonyl (C=O) groups excluding carboxylic acids is 2. The molecule has 0 spiro atoms. The van der Waals surface area contributed by atoms with Crippen LogP contribution >= 0.6 is 0 Å². The third-order valence-corrected chi connectivity index (χ3v) is 8.21. The lowest BCUT2D eigenvalue weighted by Crippen LogP contribution is -1.95. The first kappa shape index (κ1) is 27.1. The number of benzene rings is 4. The van der Waals surface area contributed by atoms with Gasteiger partial charge in [0.25, 0.3) is 0 Å². The van der Waals surface area contributed by atoms with Crippen LogP contribution in [0.2, 0.25) is 0 Å². The predicted molar refractivity (Wildman–Crippen MR) is 181 cm³/mol. The van der Waals surface area contributed by atoms with E-state index in [0.29, 0.717) is 0 Å². The SMILES string of the molecule is CC(=O)c1ccc2cc(-c3ccccc3)c3cccn3c2c1.CC(=O)c1ccc2cc(-c3ccccc3)c3cccn3c2c1. The van der Waals surface area contributed by atoms with E-state index in [-0.39, 0.29) is 11.6 Å². The largest absolute Gasteiger partial charge is 0.316 e. The molecule has 4 aromatic heterocycles. The van der Waals surface area contributed by atoms with Crippen LogP contribution in [0.3, 0.4) is 0 Å². The fourth-order valence-corrected chi connectivity index (χ4v) is 5.96. The van der Waals surface area contributed by atoms with Gasteiger partial charge in [0.2, 0.25) is 0 Å². The molecule has 8 aromatic rings. The summed E-state index contributed by atoms with van der Waals surface area (Å²) in [6, 6.07) is 45.3. The van der Waals surface area contributed by atoms with E-state index in [9.17, 15) is 9.59 Å². The van der Waals surface area contributed by atoms with Crippen molar-refractivity contribution in [3.05, 3.63) is 157 Å². The first-order valence-electron chi connectivity index (χ1n) is 14.7. The van der Waals surface area contributed by atoms with E-state index >= 15 is 0 Å². The van der Waals surface area contributed by atoms with Crippen LogP contribution in [0.5, 0.6) is 0 Å². The number of ketones is 2. The maximum Gasteiger partial charge on any atom is 0.159 e. The lowest BCUT2D eigenvalue weighted by atomic mass is 10.0. The highest BCUT2D eigenvalue weighted by Crippen LogP contribution is 2.32. The van der Waals surface area contributed by atoms with E-state index in [0.717, 1.165) is 44.0 Å². The molecule has 0 aliphatic heterocycles. The van der Waals surface area contributed by atoms with Crippen LogP contribution in [-0.4, -0.2) is 20.4 Å². The molecule has 0 radical (unpaired) electrons. The van der Waals surface area contributed by atoms with Crippen molar-refractivity contribution < 1.29 is 9.59 Å². The number of aromatic nitrogens is 2. The Balaban J connectivity index is 0.000000142. The van der Waals surface area contributed by atoms with E-state index in [2.05, 4.69) is 81.6 Å². The molecule has 0 saturated carbocycles. The minimum atomic E-state index is 0.0920. The van der Waals surface area contributed by atoms with Crippen LogP contribution in [0.4, 0.5) is 0 Å². The van der Waals surface area contributed by atoms with Crippen molar-refractivity contribution in [3.8, 4) is 22.3 Å². The van der Waals surface area contributed by atoms with Crippen molar-refractivity contribution in [2.75, 3.05) is 0 Å². The van der Waals surface area contributed by atoms with Crippen molar-refractivity contribution >= 4 is 44.4 Å². The maximum absolute atomic E-state index is 11.6. The molecule has 4 heterocycles. The third-order valence-electron chi connectivity index (χ3n) is 8.21. The molecule has 8 rings (SSSR count). The average molecular weight is 571 g/mol. The van der Waals surface area contributed by atoms with Gasteiger partial charge in [0.05, 0.1) is 22.1 Å². The Morgan fingerprint density at radius 3 is 1.23 bits per heavy atom. The summed E-state index contributed by atoms with van der Waals surface area (Å²) in [5.41, 5.74) is 10.7. The zero-order valence-corrected chi connectivity index (χ0v) is 24.6. The number of nitrogens with zero attached hydrogens (tertiary/aromatic N) is 2. The lowest BCUT2D eigenvalue weighted by Gasteiger charge is -2.10. The number of hydrogen-bond donors (Lipinski definition) is 0. The van der Waals surface area contributed by atoms with Gasteiger partial charge in [-0.25, -0.2) is 0 Å². The van der Waals surface area contributed by atoms with Gasteiger partial charge in [-0.3, -0.25) is 9.59 Å². The smallest absolute Gasteiger partial charge is 0.159 e. The molecule has 4 aromatic carbocycles. The first-order chi connectivity index (χ1) is 21.5. The van der Waals surface area contributed by atoms with Crippen molar-refractivity contribution in [2.45, 2.75) is 13.8 Å². The molecule has 4 heteroatoms. The number of hydrogen-bond acceptors (Lipinski definition) is 2. The van der Waals surface area contributed by atoms with Gasteiger partial charge in [-0.05, 0) is 84.3 Å². The normalized spacial score (nSPS) is 11.1. The predicted octanol–water partition coefficient (Wildman–Crippen LogP) is 9.92. The standard InChI is InChI=1S/2C20H15NO/c2*1-14(22)16-9-10-17-12-18(15-6-3-2-4-7-15)19-8-5-11-21(19)20(17)13-16/h2*2-13H,1H3. The Bertz CT molecular complexity index is 2160. The Labute approximate surface area is 255 Å². The number of pyridine rings is 2. The highest BCUT2D eigenvalue weighted by Gasteiger charge is 2.11. The molecule has 0 saturated heterocycles. The van der Waals surface area contributed by atoms with Gasteiger partial charge in [-0.1, -0.05) is 84.9 Å². The first-order valence-corrected chi connectivity index (χ1v) is 14.7. The summed E-state index contributed by atoms with van der Waals surface area (Å²) in [4.78, 5) is 23.3. The third kappa shape index (κ3) is 4.87. The molecule has 0 amide bonds. The van der Waals surface area contributed by atoms with Gasteiger partial charge in [0, 0.05) is 34.6 Å². The van der Waals surface area contributed by atoms with Crippen LogP contribution in [0.1, 0.15) is 34.6 Å². The Morgan fingerprint density at radius 2 is 0.841 bits per heavy atom. The van der Waals surface area contributed by atoms with Crippen LogP contribution in [0, 0.1) is 0 Å². The second-order valence-corrected chi connectivity index (χ2v) is 11.0. The van der Waals surface area contributed by atoms with Gasteiger partial charge >= 0.3 is 0 Å². The van der Waals surface area contributed by atoms with Gasteiger partial charge in [0.1, 0.15) is 0 Å². The van der Waals surface area contributed by atoms with Crippen molar-refractivity contribution in [1.82, 2.24) is 8.80 Å². The molecular formula is C40H30N2O2. The van der Waals surface area contributed by atoms with Gasteiger partial charge < -0.3 is 8.80 Å². The van der Waals surface area contributed by atoms with Crippen molar-refractivity contribution in [1.29, 1.82) is 0 Å². The molecule has 44 heavy (non-hydrogen) atoms. The van der Waals surface area contributed by atoms with Crippen molar-refractivity contribution in [2.24, 2.45) is 0 Å². The van der Waals surface area contributed by atoms with E-state index < -0.39 is 0 Å². The molecule has 0 bridgehead atoms. The van der Waals surface area contributed by atoms with Crippen molar-refractivity contribution in [3.63, 3.8) is 0 Å². The number of carbonyl (C=O) groups is 2. The van der Waals surface area contributed by atoms with E-state index in [4.69, 9.17) is 0 Å². The molecule has 212 valence electrons. The second-order valence-electron chi connectivity index (χ2n) is 11.0. The summed E-state index contributed by atoms with van der Waals surface area (Å²) in [6.07, 6.45) is 4.10. The summed E-state index contributed by atoms with van der Waals surface area (Å²) < 4.78 is 4.31. The average Bonchev–Trinajstić information content (AvgIpc) is 3.76. The topological polar surface area (TPSA) is 43.0 Å². The molecule has 0 fully saturated rings. The minimum Gasteiger partial charge on any atom is -0.316 e. The Kier molecular flexibility index (Phi) is 6.88. The van der Waals surface area contributed by atoms with Crippen LogP contribution in [-0.2, 0) is 0 Å². The molecular weight excluding hydrogens is 540 g/mol. The van der Waals surface area contributed by atoms with Crippen LogP contribution in [0.25, 0.3) is 55.1 Å². The summed E-state index contributed by atoms with van der Waals surface area (Å²) in [7, 11) is 0. The molecule has 0 aliphatic rings. The van der Waals surface area contributed by atoms with Crippen LogP contribution < -0.4 is 0 Å². The quantitative estimate of drug-likeness (QED) is 0.198. The summed E-state index contributed by atoms with van der Waals surface area (Å²) in [6.45, 7) is 3.21. The summed E-state index contributed by atoms with van der Waals surface area (Å²) in [5.74, 6) is 0.184. The van der Waals surface area contributed by atoms with Crippen LogP contribution in [0.15, 0.2) is 146 Å². The van der Waals surface area contributed by atoms with Gasteiger partial charge in [0.15, 0.2) is 11.6 Å². The minimum absolute atomic E-state index is 0.0920. The fraction of sp³-hybridized carbons (Fsp3) is 0.0500. The highest BCUT2D eigenvalue weighted by molar-refractivity contribution is 6.01. The van der Waals surface area contributed by atoms with Gasteiger partial charge in [-0.15, -0.1) is 0 Å². The van der Waals surface area contributed by atoms with E-state index in [1.807, 2.05) is 73.1 Å². The summed E-state index contributed by atoms with van der Waals surface area (Å²) >= 11 is 0. The maximum atomic E-state index is 11.6. The molecule has 0 aliphatic carbocycles. The Hall–Kier alpha value is -5.74. The highest BCUT2D eigenvalue weighted by atomic mass is 16.1. The summed E-state index contributed by atoms with van der Waals surface area (Å²) in [5, 5.41) is 2.26. The molecule has 0 unspecified atom stereocenters. The zero-order chi connectivity index (χ0) is 30.2. The van der Waals surface area contributed by atoms with Gasteiger partial charge in [-0.2, -0.15) is 0 Å². The van der Waals surface area contributed by atoms with E-state index in [1.54, 1.807) is 13.8 Å². The Morgan fingerprint density at radius 1 is 0.432 bits per heavy atom. The lowest BCUT2D eigenvalue weighted by molar-refractivity contribution is 0.100. The fourth-order valence-electron chi connectivity index (χ4n) is 5.96.